The smallest absolute Gasteiger partial charge is 0.387 e. The summed E-state index contributed by atoms with van der Waals surface area (Å²) in [7, 11) is 2.03. The Labute approximate surface area is 189 Å². The van der Waals surface area contributed by atoms with E-state index < -0.39 is 12.4 Å². The first-order chi connectivity index (χ1) is 15.2. The van der Waals surface area contributed by atoms with E-state index in [2.05, 4.69) is 22.1 Å². The largest absolute Gasteiger partial charge is 0.489 e. The molecule has 1 N–H and O–H groups in total. The van der Waals surface area contributed by atoms with E-state index >= 15 is 0 Å². The molecule has 2 aliphatic heterocycles. The number of carbonyl (C=O) groups is 1. The Morgan fingerprint density at radius 2 is 2.09 bits per heavy atom. The first-order valence-electron chi connectivity index (χ1n) is 10.4. The first-order valence-corrected chi connectivity index (χ1v) is 11.5. The van der Waals surface area contributed by atoms with Gasteiger partial charge in [0.05, 0.1) is 18.2 Å². The number of benzene rings is 1. The van der Waals surface area contributed by atoms with Crippen molar-refractivity contribution in [2.75, 3.05) is 25.2 Å². The van der Waals surface area contributed by atoms with Crippen molar-refractivity contribution in [2.24, 2.45) is 5.92 Å². The van der Waals surface area contributed by atoms with E-state index in [1.807, 2.05) is 32.7 Å². The number of fused-ring (bicyclic) bond motifs is 1. The molecule has 4 rings (SSSR count). The Hall–Kier alpha value is -2.20. The third-order valence-electron chi connectivity index (χ3n) is 5.40. The van der Waals surface area contributed by atoms with Crippen LogP contribution in [0.5, 0.6) is 11.5 Å². The lowest BCUT2D eigenvalue weighted by atomic mass is 10.0. The van der Waals surface area contributed by atoms with Crippen LogP contribution in [0.15, 0.2) is 18.2 Å². The molecule has 1 aromatic carbocycles. The average Bonchev–Trinajstić information content (AvgIpc) is 3.12. The van der Waals surface area contributed by atoms with Crippen molar-refractivity contribution in [3.05, 3.63) is 29.7 Å². The predicted molar refractivity (Wildman–Crippen MR) is 118 cm³/mol. The number of alkyl halides is 2. The molecule has 0 saturated carbocycles. The summed E-state index contributed by atoms with van der Waals surface area (Å²) in [4.78, 5) is 11.1. The van der Waals surface area contributed by atoms with Gasteiger partial charge in [0.15, 0.2) is 5.75 Å². The number of hydrogen-bond acceptors (Lipinski definition) is 6. The van der Waals surface area contributed by atoms with Gasteiger partial charge < -0.3 is 19.6 Å². The summed E-state index contributed by atoms with van der Waals surface area (Å²) < 4.78 is 50.8. The van der Waals surface area contributed by atoms with Crippen LogP contribution in [0.2, 0.25) is 0 Å². The van der Waals surface area contributed by atoms with Crippen LogP contribution >= 0.6 is 11.8 Å². The van der Waals surface area contributed by atoms with Crippen LogP contribution in [0.4, 0.5) is 13.2 Å². The second-order valence-corrected chi connectivity index (χ2v) is 9.38. The monoisotopic (exact) mass is 471 g/mol. The van der Waals surface area contributed by atoms with Gasteiger partial charge >= 0.3 is 6.61 Å². The topological polar surface area (TPSA) is 65.4 Å². The summed E-state index contributed by atoms with van der Waals surface area (Å²) in [6.45, 7) is 3.21. The number of ether oxygens (including phenoxy) is 2. The second kappa shape index (κ2) is 10.2. The maximum Gasteiger partial charge on any atom is 0.387 e. The third kappa shape index (κ3) is 5.40. The van der Waals surface area contributed by atoms with E-state index in [-0.39, 0.29) is 35.6 Å². The van der Waals surface area contributed by atoms with Crippen LogP contribution in [0.1, 0.15) is 32.5 Å². The minimum Gasteiger partial charge on any atom is -0.489 e. The van der Waals surface area contributed by atoms with Crippen LogP contribution in [-0.2, 0) is 11.2 Å². The van der Waals surface area contributed by atoms with Crippen molar-refractivity contribution in [1.29, 1.82) is 0 Å². The Morgan fingerprint density at radius 3 is 2.59 bits per heavy atom. The van der Waals surface area contributed by atoms with Gasteiger partial charge in [-0.05, 0) is 46.0 Å². The lowest BCUT2D eigenvalue weighted by Crippen LogP contribution is -2.51. The number of carbonyl (C=O) groups excluding carboxylic acids is 1. The SMILES string of the molecule is CC(C)n1nc(-c2cc(OC(F)F)ccc2F)c2c1CC(C=O)CO2.CNC1(C)CSC1. The van der Waals surface area contributed by atoms with Crippen LogP contribution in [0.25, 0.3) is 11.3 Å². The zero-order valence-electron chi connectivity index (χ0n) is 18.5. The van der Waals surface area contributed by atoms with Gasteiger partial charge in [0.25, 0.3) is 0 Å². The molecule has 0 radical (unpaired) electrons. The summed E-state index contributed by atoms with van der Waals surface area (Å²) >= 11 is 2.01. The molecule has 0 aliphatic carbocycles. The molecule has 0 spiro atoms. The minimum atomic E-state index is -3.01. The predicted octanol–water partition coefficient (Wildman–Crippen LogP) is 4.33. The molecule has 32 heavy (non-hydrogen) atoms. The number of aldehydes is 1. The van der Waals surface area contributed by atoms with Gasteiger partial charge in [-0.1, -0.05) is 0 Å². The summed E-state index contributed by atoms with van der Waals surface area (Å²) in [5.41, 5.74) is 1.39. The first kappa shape index (κ1) is 24.4. The van der Waals surface area contributed by atoms with Crippen molar-refractivity contribution < 1.29 is 27.4 Å². The Morgan fingerprint density at radius 1 is 1.38 bits per heavy atom. The molecule has 1 unspecified atom stereocenters. The van der Waals surface area contributed by atoms with Crippen molar-refractivity contribution in [2.45, 2.75) is 45.4 Å². The molecule has 176 valence electrons. The van der Waals surface area contributed by atoms with E-state index in [4.69, 9.17) is 4.74 Å². The zero-order valence-corrected chi connectivity index (χ0v) is 19.3. The molecular weight excluding hydrogens is 443 g/mol. The van der Waals surface area contributed by atoms with Gasteiger partial charge in [-0.15, -0.1) is 0 Å². The third-order valence-corrected chi connectivity index (χ3v) is 7.09. The van der Waals surface area contributed by atoms with Crippen LogP contribution < -0.4 is 14.8 Å². The minimum absolute atomic E-state index is 0.0124. The van der Waals surface area contributed by atoms with Crippen molar-refractivity contribution in [3.8, 4) is 22.8 Å². The Balaban J connectivity index is 0.000000352. The van der Waals surface area contributed by atoms with Crippen LogP contribution in [0.3, 0.4) is 0 Å². The fraction of sp³-hybridized carbons (Fsp3) is 0.545. The lowest BCUT2D eigenvalue weighted by Gasteiger charge is -2.37. The highest BCUT2D eigenvalue weighted by Gasteiger charge is 2.31. The maximum atomic E-state index is 14.3. The van der Waals surface area contributed by atoms with E-state index in [0.29, 0.717) is 23.4 Å². The molecule has 1 aromatic heterocycles. The summed E-state index contributed by atoms with van der Waals surface area (Å²) in [5.74, 6) is 1.85. The quantitative estimate of drug-likeness (QED) is 0.633. The molecule has 1 atom stereocenters. The number of nitrogens with zero attached hydrogens (tertiary/aromatic N) is 2. The van der Waals surface area contributed by atoms with Gasteiger partial charge in [-0.3, -0.25) is 4.68 Å². The number of aromatic nitrogens is 2. The van der Waals surface area contributed by atoms with Gasteiger partial charge in [0.1, 0.15) is 23.5 Å². The number of halogens is 3. The van der Waals surface area contributed by atoms with Gasteiger partial charge in [-0.25, -0.2) is 4.39 Å². The Bertz CT molecular complexity index is 942. The van der Waals surface area contributed by atoms with E-state index in [1.165, 1.54) is 17.6 Å². The number of rotatable bonds is 6. The molecule has 2 aliphatic rings. The Kier molecular flexibility index (Phi) is 7.76. The summed E-state index contributed by atoms with van der Waals surface area (Å²) in [5, 5.41) is 7.66. The highest BCUT2D eigenvalue weighted by molar-refractivity contribution is 8.00. The lowest BCUT2D eigenvalue weighted by molar-refractivity contribution is -0.112. The highest BCUT2D eigenvalue weighted by atomic mass is 32.2. The van der Waals surface area contributed by atoms with Crippen molar-refractivity contribution >= 4 is 18.0 Å². The standard InChI is InChI=1S/C17H17F3N2O3.C5H11NS/c1-9(2)22-14-5-10(7-23)8-24-16(14)15(21-22)12-6-11(25-17(19)20)3-4-13(12)18;1-5(6-2)3-7-4-5/h3-4,6-7,9-10,17H,5,8H2,1-2H3;6H,3-4H2,1-2H3. The van der Waals surface area contributed by atoms with Gasteiger partial charge in [-0.2, -0.15) is 25.6 Å². The van der Waals surface area contributed by atoms with Gasteiger partial charge in [0, 0.05) is 35.1 Å². The average molecular weight is 472 g/mol. The van der Waals surface area contributed by atoms with E-state index in [1.54, 1.807) is 4.68 Å². The number of hydrogen-bond donors (Lipinski definition) is 1. The molecule has 3 heterocycles. The molecule has 0 bridgehead atoms. The maximum absolute atomic E-state index is 14.3. The van der Waals surface area contributed by atoms with E-state index in [0.717, 1.165) is 18.4 Å². The molecule has 2 aromatic rings. The zero-order chi connectivity index (χ0) is 23.5. The van der Waals surface area contributed by atoms with Crippen LogP contribution in [-0.4, -0.2) is 53.4 Å². The molecule has 6 nitrogen and oxygen atoms in total. The molecule has 0 amide bonds. The van der Waals surface area contributed by atoms with Gasteiger partial charge in [0.2, 0.25) is 0 Å². The number of thioether (sulfide) groups is 1. The molecule has 10 heteroatoms. The number of nitrogens with one attached hydrogen (secondary N) is 1. The second-order valence-electron chi connectivity index (χ2n) is 8.40. The van der Waals surface area contributed by atoms with Crippen LogP contribution in [0, 0.1) is 11.7 Å². The summed E-state index contributed by atoms with van der Waals surface area (Å²) in [6.07, 6.45) is 1.25. The summed E-state index contributed by atoms with van der Waals surface area (Å²) in [6, 6.07) is 3.30. The van der Waals surface area contributed by atoms with E-state index in [9.17, 15) is 18.0 Å². The highest BCUT2D eigenvalue weighted by Crippen LogP contribution is 2.40. The molecular formula is C22H28F3N3O3S. The fourth-order valence-electron chi connectivity index (χ4n) is 3.40. The van der Waals surface area contributed by atoms with Crippen molar-refractivity contribution in [1.82, 2.24) is 15.1 Å². The fourth-order valence-corrected chi connectivity index (χ4v) is 4.50. The normalized spacial score (nSPS) is 18.8. The van der Waals surface area contributed by atoms with Crippen molar-refractivity contribution in [3.63, 3.8) is 0 Å². The molecule has 1 saturated heterocycles. The molecule has 1 fully saturated rings.